The van der Waals surface area contributed by atoms with Gasteiger partial charge in [0, 0.05) is 0 Å². The van der Waals surface area contributed by atoms with Gasteiger partial charge in [0.2, 0.25) is 11.0 Å². The zero-order chi connectivity index (χ0) is 15.6. The van der Waals surface area contributed by atoms with Crippen molar-refractivity contribution in [3.05, 3.63) is 23.4 Å². The summed E-state index contributed by atoms with van der Waals surface area (Å²) in [5, 5.41) is 23.3. The van der Waals surface area contributed by atoms with Gasteiger partial charge in [-0.1, -0.05) is 30.7 Å². The Morgan fingerprint density at radius 1 is 1.30 bits per heavy atom. The number of nitrogens with zero attached hydrogens (tertiary/aromatic N) is 6. The van der Waals surface area contributed by atoms with E-state index < -0.39 is 0 Å². The summed E-state index contributed by atoms with van der Waals surface area (Å²) in [4.78, 5) is 0.983. The van der Waals surface area contributed by atoms with E-state index in [1.807, 2.05) is 29.1 Å². The van der Waals surface area contributed by atoms with Crippen molar-refractivity contribution >= 4 is 23.1 Å². The summed E-state index contributed by atoms with van der Waals surface area (Å²) in [5.41, 5.74) is 0. The van der Waals surface area contributed by atoms with Crippen LogP contribution in [0.2, 0.25) is 0 Å². The van der Waals surface area contributed by atoms with Crippen molar-refractivity contribution in [2.45, 2.75) is 49.1 Å². The standard InChI is InChI=1S/C14H16N6OS2/c1-9(12-15-16-13(21-12)11-7-4-8-22-11)23-14-17-18-19-20(14)10-5-2-3-6-10/h4,7-10H,2-3,5-6H2,1H3/t9-/m0/s1. The van der Waals surface area contributed by atoms with E-state index in [-0.39, 0.29) is 5.25 Å². The second-order valence-corrected chi connectivity index (χ2v) is 7.78. The van der Waals surface area contributed by atoms with Crippen LogP contribution in [0.5, 0.6) is 0 Å². The Labute approximate surface area is 141 Å². The third kappa shape index (κ3) is 3.02. The fourth-order valence-corrected chi connectivity index (χ4v) is 4.28. The molecule has 0 aliphatic heterocycles. The van der Waals surface area contributed by atoms with Gasteiger partial charge >= 0.3 is 0 Å². The highest BCUT2D eigenvalue weighted by Gasteiger charge is 2.25. The van der Waals surface area contributed by atoms with Crippen molar-refractivity contribution < 1.29 is 4.42 Å². The molecule has 1 saturated carbocycles. The predicted octanol–water partition coefficient (Wildman–Crippen LogP) is 3.75. The van der Waals surface area contributed by atoms with Crippen molar-refractivity contribution in [1.29, 1.82) is 0 Å². The first-order chi connectivity index (χ1) is 11.3. The van der Waals surface area contributed by atoms with E-state index in [0.29, 0.717) is 17.8 Å². The number of thiophene rings is 1. The van der Waals surface area contributed by atoms with Crippen LogP contribution in [0.1, 0.15) is 49.8 Å². The number of hydrogen-bond donors (Lipinski definition) is 0. The van der Waals surface area contributed by atoms with Crippen molar-refractivity contribution in [1.82, 2.24) is 30.4 Å². The zero-order valence-corrected chi connectivity index (χ0v) is 14.3. The first-order valence-electron chi connectivity index (χ1n) is 7.63. The number of tetrazole rings is 1. The molecular formula is C14H16N6OS2. The van der Waals surface area contributed by atoms with Gasteiger partial charge in [-0.3, -0.25) is 0 Å². The van der Waals surface area contributed by atoms with Gasteiger partial charge in [0.25, 0.3) is 5.89 Å². The summed E-state index contributed by atoms with van der Waals surface area (Å²) in [6.45, 7) is 2.03. The molecule has 0 amide bonds. The molecule has 3 heterocycles. The molecule has 1 aliphatic rings. The first-order valence-corrected chi connectivity index (χ1v) is 9.39. The molecule has 0 N–H and O–H groups in total. The van der Waals surface area contributed by atoms with Crippen LogP contribution in [0.25, 0.3) is 10.8 Å². The highest BCUT2D eigenvalue weighted by Crippen LogP contribution is 2.37. The number of aromatic nitrogens is 6. The van der Waals surface area contributed by atoms with Crippen LogP contribution in [0.3, 0.4) is 0 Å². The van der Waals surface area contributed by atoms with E-state index in [9.17, 15) is 0 Å². The topological polar surface area (TPSA) is 82.5 Å². The summed E-state index contributed by atoms with van der Waals surface area (Å²) in [6, 6.07) is 4.36. The van der Waals surface area contributed by atoms with Crippen LogP contribution in [0.15, 0.2) is 27.1 Å². The minimum atomic E-state index is 0.00219. The third-order valence-corrected chi connectivity index (χ3v) is 5.83. The van der Waals surface area contributed by atoms with E-state index in [1.54, 1.807) is 23.1 Å². The monoisotopic (exact) mass is 348 g/mol. The Hall–Kier alpha value is -1.74. The zero-order valence-electron chi connectivity index (χ0n) is 12.6. The van der Waals surface area contributed by atoms with E-state index in [2.05, 4.69) is 25.7 Å². The molecule has 23 heavy (non-hydrogen) atoms. The maximum absolute atomic E-state index is 5.79. The molecule has 0 unspecified atom stereocenters. The highest BCUT2D eigenvalue weighted by molar-refractivity contribution is 7.99. The van der Waals surface area contributed by atoms with Crippen molar-refractivity contribution in [3.8, 4) is 10.8 Å². The molecule has 120 valence electrons. The first kappa shape index (κ1) is 14.8. The summed E-state index contributed by atoms with van der Waals surface area (Å²) < 4.78 is 7.74. The summed E-state index contributed by atoms with van der Waals surface area (Å²) in [5.74, 6) is 1.16. The molecule has 3 aromatic rings. The lowest BCUT2D eigenvalue weighted by atomic mass is 10.3. The SMILES string of the molecule is C[C@H](Sc1nnnn1C1CCCC1)c1nnc(-c2cccs2)o1. The minimum Gasteiger partial charge on any atom is -0.419 e. The Morgan fingerprint density at radius 2 is 2.17 bits per heavy atom. The van der Waals surface area contributed by atoms with Gasteiger partial charge in [0.05, 0.1) is 16.2 Å². The van der Waals surface area contributed by atoms with E-state index in [0.717, 1.165) is 22.9 Å². The van der Waals surface area contributed by atoms with Gasteiger partial charge in [-0.05, 0) is 41.6 Å². The lowest BCUT2D eigenvalue weighted by Gasteiger charge is -2.12. The molecule has 0 bridgehead atoms. The molecule has 1 fully saturated rings. The fourth-order valence-electron chi connectivity index (χ4n) is 2.75. The molecule has 1 atom stereocenters. The molecule has 7 nitrogen and oxygen atoms in total. The molecule has 0 aromatic carbocycles. The van der Waals surface area contributed by atoms with Gasteiger partial charge < -0.3 is 4.42 Å². The molecule has 0 saturated heterocycles. The fraction of sp³-hybridized carbons (Fsp3) is 0.500. The Bertz CT molecular complexity index is 762. The van der Waals surface area contributed by atoms with Gasteiger partial charge in [-0.2, -0.15) is 0 Å². The number of hydrogen-bond acceptors (Lipinski definition) is 8. The quantitative estimate of drug-likeness (QED) is 0.649. The summed E-state index contributed by atoms with van der Waals surface area (Å²) in [6.07, 6.45) is 4.79. The van der Waals surface area contributed by atoms with Crippen LogP contribution >= 0.6 is 23.1 Å². The van der Waals surface area contributed by atoms with Crippen molar-refractivity contribution in [2.75, 3.05) is 0 Å². The van der Waals surface area contributed by atoms with Gasteiger partial charge in [-0.25, -0.2) is 4.68 Å². The third-order valence-electron chi connectivity index (χ3n) is 3.94. The predicted molar refractivity (Wildman–Crippen MR) is 87.2 cm³/mol. The molecule has 0 spiro atoms. The van der Waals surface area contributed by atoms with Gasteiger partial charge in [0.1, 0.15) is 0 Å². The van der Waals surface area contributed by atoms with E-state index in [4.69, 9.17) is 4.42 Å². The second kappa shape index (κ2) is 6.40. The lowest BCUT2D eigenvalue weighted by Crippen LogP contribution is -2.08. The smallest absolute Gasteiger partial charge is 0.257 e. The minimum absolute atomic E-state index is 0.00219. The average molecular weight is 348 g/mol. The number of thioether (sulfide) groups is 1. The van der Waals surface area contributed by atoms with Crippen molar-refractivity contribution in [3.63, 3.8) is 0 Å². The van der Waals surface area contributed by atoms with E-state index >= 15 is 0 Å². The van der Waals surface area contributed by atoms with Crippen molar-refractivity contribution in [2.24, 2.45) is 0 Å². The lowest BCUT2D eigenvalue weighted by molar-refractivity contribution is 0.422. The summed E-state index contributed by atoms with van der Waals surface area (Å²) >= 11 is 3.15. The number of rotatable bonds is 5. The molecular weight excluding hydrogens is 332 g/mol. The Kier molecular flexibility index (Phi) is 4.13. The van der Waals surface area contributed by atoms with Gasteiger partial charge in [0.15, 0.2) is 0 Å². The maximum Gasteiger partial charge on any atom is 0.257 e. The molecule has 9 heteroatoms. The average Bonchev–Trinajstić information content (AvgIpc) is 3.31. The molecule has 1 aliphatic carbocycles. The van der Waals surface area contributed by atoms with Crippen LogP contribution in [-0.2, 0) is 0 Å². The molecule has 4 rings (SSSR count). The van der Waals surface area contributed by atoms with Crippen LogP contribution in [0.4, 0.5) is 0 Å². The van der Waals surface area contributed by atoms with Crippen LogP contribution in [0, 0.1) is 0 Å². The largest absolute Gasteiger partial charge is 0.419 e. The van der Waals surface area contributed by atoms with Gasteiger partial charge in [-0.15, -0.1) is 26.6 Å². The molecule has 0 radical (unpaired) electrons. The van der Waals surface area contributed by atoms with Crippen LogP contribution in [-0.4, -0.2) is 30.4 Å². The highest BCUT2D eigenvalue weighted by atomic mass is 32.2. The maximum atomic E-state index is 5.79. The second-order valence-electron chi connectivity index (χ2n) is 5.53. The Morgan fingerprint density at radius 3 is 2.96 bits per heavy atom. The van der Waals surface area contributed by atoms with E-state index in [1.165, 1.54) is 12.8 Å². The normalized spacial score (nSPS) is 16.9. The van der Waals surface area contributed by atoms with Crippen LogP contribution < -0.4 is 0 Å². The molecule has 3 aromatic heterocycles. The summed E-state index contributed by atoms with van der Waals surface area (Å²) in [7, 11) is 0. The Balaban J connectivity index is 1.50.